The van der Waals surface area contributed by atoms with Gasteiger partial charge in [0.2, 0.25) is 0 Å². The van der Waals surface area contributed by atoms with Crippen molar-refractivity contribution in [3.8, 4) is 0 Å². The molecule has 0 amide bonds. The maximum Gasteiger partial charge on any atom is 0.0543 e. The molecule has 1 nitrogen and oxygen atoms in total. The molecule has 0 unspecified atom stereocenters. The van der Waals surface area contributed by atoms with E-state index in [9.17, 15) is 5.11 Å². The molecule has 2 saturated carbocycles. The Bertz CT molecular complexity index is 190. The first-order valence-electron chi connectivity index (χ1n) is 5.81. The van der Waals surface area contributed by atoms with E-state index < -0.39 is 0 Å². The molecule has 76 valence electrons. The highest BCUT2D eigenvalue weighted by Gasteiger charge is 2.44. The van der Waals surface area contributed by atoms with Crippen LogP contribution in [0.25, 0.3) is 0 Å². The molecule has 0 aromatic rings. The Kier molecular flexibility index (Phi) is 2.39. The quantitative estimate of drug-likeness (QED) is 0.610. The number of aliphatic hydroxyl groups is 1. The molecule has 2 aliphatic carbocycles. The van der Waals surface area contributed by atoms with E-state index >= 15 is 0 Å². The van der Waals surface area contributed by atoms with E-state index in [0.717, 1.165) is 24.7 Å². The van der Waals surface area contributed by atoms with E-state index in [1.165, 1.54) is 25.7 Å². The van der Waals surface area contributed by atoms with Crippen LogP contribution in [0.3, 0.4) is 0 Å². The maximum absolute atomic E-state index is 9.65. The van der Waals surface area contributed by atoms with E-state index in [4.69, 9.17) is 0 Å². The van der Waals surface area contributed by atoms with Crippen LogP contribution in [0.4, 0.5) is 0 Å². The van der Waals surface area contributed by atoms with Crippen molar-refractivity contribution < 1.29 is 5.11 Å². The van der Waals surface area contributed by atoms with E-state index in [1.807, 2.05) is 0 Å². The summed E-state index contributed by atoms with van der Waals surface area (Å²) in [5.41, 5.74) is 0.553. The molecule has 2 fully saturated rings. The summed E-state index contributed by atoms with van der Waals surface area (Å²) in [6.45, 7) is 4.86. The fourth-order valence-electron chi connectivity index (χ4n) is 3.49. The highest BCUT2D eigenvalue weighted by molar-refractivity contribution is 4.95. The number of hydrogen-bond donors (Lipinski definition) is 1. The van der Waals surface area contributed by atoms with Crippen molar-refractivity contribution in [1.29, 1.82) is 0 Å². The van der Waals surface area contributed by atoms with Crippen molar-refractivity contribution in [3.05, 3.63) is 0 Å². The highest BCUT2D eigenvalue weighted by Crippen LogP contribution is 2.52. The third kappa shape index (κ3) is 1.52. The van der Waals surface area contributed by atoms with Gasteiger partial charge in [0, 0.05) is 0 Å². The lowest BCUT2D eigenvalue weighted by Crippen LogP contribution is -2.43. The van der Waals surface area contributed by atoms with E-state index in [0.29, 0.717) is 5.41 Å². The molecule has 0 aliphatic heterocycles. The fourth-order valence-corrected chi connectivity index (χ4v) is 3.49. The maximum atomic E-state index is 9.65. The number of fused-ring (bicyclic) bond motifs is 1. The molecular weight excluding hydrogens is 160 g/mol. The molecule has 1 N–H and O–H groups in total. The number of hydrogen-bond acceptors (Lipinski definition) is 1. The topological polar surface area (TPSA) is 20.2 Å². The van der Waals surface area contributed by atoms with Crippen LogP contribution in [0.5, 0.6) is 0 Å². The highest BCUT2D eigenvalue weighted by atomic mass is 16.3. The Morgan fingerprint density at radius 1 is 1.23 bits per heavy atom. The summed E-state index contributed by atoms with van der Waals surface area (Å²) in [4.78, 5) is 0. The van der Waals surface area contributed by atoms with Crippen LogP contribution in [-0.2, 0) is 0 Å². The predicted octanol–water partition coefficient (Wildman–Crippen LogP) is 2.97. The third-order valence-corrected chi connectivity index (χ3v) is 4.82. The van der Waals surface area contributed by atoms with Crippen LogP contribution in [-0.4, -0.2) is 11.2 Å². The lowest BCUT2D eigenvalue weighted by molar-refractivity contribution is -0.0403. The second-order valence-corrected chi connectivity index (χ2v) is 5.46. The molecule has 1 heteroatoms. The Morgan fingerprint density at radius 2 is 2.00 bits per heavy atom. The van der Waals surface area contributed by atoms with Crippen molar-refractivity contribution in [2.75, 3.05) is 0 Å². The van der Waals surface area contributed by atoms with Crippen LogP contribution >= 0.6 is 0 Å². The third-order valence-electron chi connectivity index (χ3n) is 4.82. The van der Waals surface area contributed by atoms with E-state index in [2.05, 4.69) is 13.8 Å². The molecule has 0 saturated heterocycles. The van der Waals surface area contributed by atoms with Gasteiger partial charge in [0.25, 0.3) is 0 Å². The van der Waals surface area contributed by atoms with Crippen LogP contribution in [0.2, 0.25) is 0 Å². The van der Waals surface area contributed by atoms with Crippen LogP contribution in [0, 0.1) is 17.3 Å². The zero-order chi connectivity index (χ0) is 9.47. The first kappa shape index (κ1) is 9.51. The monoisotopic (exact) mass is 182 g/mol. The molecule has 2 aliphatic rings. The second-order valence-electron chi connectivity index (χ2n) is 5.46. The van der Waals surface area contributed by atoms with Crippen molar-refractivity contribution in [3.63, 3.8) is 0 Å². The van der Waals surface area contributed by atoms with Crippen molar-refractivity contribution in [1.82, 2.24) is 0 Å². The molecule has 0 heterocycles. The molecule has 0 bridgehead atoms. The summed E-state index contributed by atoms with van der Waals surface area (Å²) in [7, 11) is 0. The molecule has 0 aromatic heterocycles. The summed E-state index contributed by atoms with van der Waals surface area (Å²) in [5.74, 6) is 1.68. The summed E-state index contributed by atoms with van der Waals surface area (Å²) in [6.07, 6.45) is 7.51. The van der Waals surface area contributed by atoms with Gasteiger partial charge in [-0.2, -0.15) is 0 Å². The summed E-state index contributed by atoms with van der Waals surface area (Å²) < 4.78 is 0. The summed E-state index contributed by atoms with van der Waals surface area (Å²) >= 11 is 0. The molecule has 4 atom stereocenters. The van der Waals surface area contributed by atoms with Gasteiger partial charge in [-0.05, 0) is 42.9 Å². The van der Waals surface area contributed by atoms with E-state index in [1.54, 1.807) is 0 Å². The predicted molar refractivity (Wildman–Crippen MR) is 54.5 cm³/mol. The average Bonchev–Trinajstić information content (AvgIpc) is 2.09. The van der Waals surface area contributed by atoms with Gasteiger partial charge < -0.3 is 5.11 Å². The van der Waals surface area contributed by atoms with Gasteiger partial charge in [-0.25, -0.2) is 0 Å². The SMILES string of the molecule is C[C@H]1CCC[C@H]2C[C@@H](O)CC[C@@]21C. The largest absolute Gasteiger partial charge is 0.393 e. The molecule has 2 rings (SSSR count). The van der Waals surface area contributed by atoms with Crippen molar-refractivity contribution in [2.45, 2.75) is 58.5 Å². The summed E-state index contributed by atoms with van der Waals surface area (Å²) in [5, 5.41) is 9.65. The Labute approximate surface area is 81.5 Å². The minimum absolute atomic E-state index is 0.00312. The standard InChI is InChI=1S/C12H22O/c1-9-4-3-5-10-8-11(13)6-7-12(9,10)2/h9-11,13H,3-8H2,1-2H3/t9-,10-,11-,12+/m0/s1. The van der Waals surface area contributed by atoms with Crippen LogP contribution < -0.4 is 0 Å². The van der Waals surface area contributed by atoms with Gasteiger partial charge in [0.1, 0.15) is 0 Å². The smallest absolute Gasteiger partial charge is 0.0543 e. The number of aliphatic hydroxyl groups excluding tert-OH is 1. The molecule has 13 heavy (non-hydrogen) atoms. The van der Waals surface area contributed by atoms with Crippen molar-refractivity contribution >= 4 is 0 Å². The van der Waals surface area contributed by atoms with Gasteiger partial charge in [0.15, 0.2) is 0 Å². The van der Waals surface area contributed by atoms with Gasteiger partial charge in [-0.1, -0.05) is 26.7 Å². The lowest BCUT2D eigenvalue weighted by atomic mass is 9.55. The normalized spacial score (nSPS) is 51.5. The Balaban J connectivity index is 2.13. The van der Waals surface area contributed by atoms with Crippen LogP contribution in [0.1, 0.15) is 52.4 Å². The zero-order valence-electron chi connectivity index (χ0n) is 8.92. The number of rotatable bonds is 0. The summed E-state index contributed by atoms with van der Waals surface area (Å²) in [6, 6.07) is 0. The Hall–Kier alpha value is -0.0400. The minimum Gasteiger partial charge on any atom is -0.393 e. The average molecular weight is 182 g/mol. The van der Waals surface area contributed by atoms with Crippen LogP contribution in [0.15, 0.2) is 0 Å². The zero-order valence-corrected chi connectivity index (χ0v) is 8.92. The lowest BCUT2D eigenvalue weighted by Gasteiger charge is -2.50. The fraction of sp³-hybridized carbons (Fsp3) is 1.00. The first-order chi connectivity index (χ1) is 6.13. The molecule has 0 spiro atoms. The van der Waals surface area contributed by atoms with E-state index in [-0.39, 0.29) is 6.10 Å². The second kappa shape index (κ2) is 3.27. The van der Waals surface area contributed by atoms with Gasteiger partial charge in [0.05, 0.1) is 6.10 Å². The minimum atomic E-state index is 0.00312. The molecule has 0 radical (unpaired) electrons. The van der Waals surface area contributed by atoms with Crippen molar-refractivity contribution in [2.24, 2.45) is 17.3 Å². The molecule has 0 aromatic carbocycles. The van der Waals surface area contributed by atoms with Gasteiger partial charge in [-0.3, -0.25) is 0 Å². The molecular formula is C12H22O. The Morgan fingerprint density at radius 3 is 2.77 bits per heavy atom. The van der Waals surface area contributed by atoms with Gasteiger partial charge >= 0.3 is 0 Å². The van der Waals surface area contributed by atoms with Gasteiger partial charge in [-0.15, -0.1) is 0 Å². The first-order valence-corrected chi connectivity index (χ1v) is 5.81.